The van der Waals surface area contributed by atoms with Gasteiger partial charge in [0.1, 0.15) is 5.60 Å². The molecule has 33 heavy (non-hydrogen) atoms. The van der Waals surface area contributed by atoms with Crippen LogP contribution in [-0.2, 0) is 26.0 Å². The average molecular weight is 475 g/mol. The van der Waals surface area contributed by atoms with Crippen LogP contribution in [0, 0.1) is 10.1 Å². The highest BCUT2D eigenvalue weighted by Gasteiger charge is 2.44. The molecule has 1 aromatic carbocycles. The van der Waals surface area contributed by atoms with Gasteiger partial charge in [0, 0.05) is 38.0 Å². The third-order valence-corrected chi connectivity index (χ3v) is 7.35. The summed E-state index contributed by atoms with van der Waals surface area (Å²) < 4.78 is 42.6. The number of nitro benzene ring substituents is 1. The lowest BCUT2D eigenvalue weighted by molar-refractivity contribution is -0.385. The summed E-state index contributed by atoms with van der Waals surface area (Å²) in [5.74, 6) is 0. The van der Waals surface area contributed by atoms with E-state index in [9.17, 15) is 23.3 Å². The van der Waals surface area contributed by atoms with Gasteiger partial charge in [-0.25, -0.2) is 13.2 Å². The molecule has 0 bridgehead atoms. The molecule has 0 fully saturated rings. The Balaban J connectivity index is 2.01. The molecule has 1 amide bonds. The second-order valence-corrected chi connectivity index (χ2v) is 11.0. The number of benzene rings is 1. The number of hydrogen-bond donors (Lipinski definition) is 0. The highest BCUT2D eigenvalue weighted by Crippen LogP contribution is 2.39. The van der Waals surface area contributed by atoms with Gasteiger partial charge in [-0.3, -0.25) is 10.1 Å². The number of ether oxygens (including phenoxy) is 1. The third-order valence-electron chi connectivity index (χ3n) is 5.05. The molecule has 0 aliphatic heterocycles. The maximum absolute atomic E-state index is 13.8. The molecule has 1 unspecified atom stereocenters. The minimum Gasteiger partial charge on any atom is -0.444 e. The Morgan fingerprint density at radius 1 is 1.36 bits per heavy atom. The molecule has 3 rings (SSSR count). The summed E-state index contributed by atoms with van der Waals surface area (Å²) in [7, 11) is -2.64. The Morgan fingerprint density at radius 3 is 2.73 bits per heavy atom. The van der Waals surface area contributed by atoms with Gasteiger partial charge in [0.15, 0.2) is 4.87 Å². The first-order chi connectivity index (χ1) is 15.7. The molecule has 0 N–H and O–H groups in total. The number of amides is 1. The fourth-order valence-corrected chi connectivity index (χ4v) is 5.33. The number of aromatic nitrogens is 1. The normalized spacial score (nSPS) is 18.9. The topological polar surface area (TPSA) is 112 Å². The predicted molar refractivity (Wildman–Crippen MR) is 123 cm³/mol. The average Bonchev–Trinajstić information content (AvgIpc) is 3.21. The molecule has 2 aromatic rings. The number of carbonyl (C=O) groups is 1. The maximum atomic E-state index is 13.8. The minimum atomic E-state index is -4.22. The van der Waals surface area contributed by atoms with E-state index in [-0.39, 0.29) is 29.6 Å². The molecular formula is C23H27N3O6S. The fraction of sp³-hybridized carbons (Fsp3) is 0.348. The molecule has 10 heteroatoms. The summed E-state index contributed by atoms with van der Waals surface area (Å²) in [5.41, 5.74) is -0.349. The Kier molecular flexibility index (Phi) is 6.11. The van der Waals surface area contributed by atoms with Crippen LogP contribution in [-0.4, -0.2) is 41.6 Å². The first kappa shape index (κ1) is 22.8. The Bertz CT molecular complexity index is 1280. The number of nitro groups is 1. The van der Waals surface area contributed by atoms with E-state index in [4.69, 9.17) is 6.11 Å². The summed E-state index contributed by atoms with van der Waals surface area (Å²) in [4.78, 5) is 22.3. The van der Waals surface area contributed by atoms with Crippen molar-refractivity contribution >= 4 is 21.6 Å². The number of sulfone groups is 1. The highest BCUT2D eigenvalue weighted by atomic mass is 32.2. The first-order valence-corrected chi connectivity index (χ1v) is 11.7. The number of rotatable bonds is 6. The molecule has 176 valence electrons. The van der Waals surface area contributed by atoms with Crippen LogP contribution in [0.15, 0.2) is 71.9 Å². The summed E-state index contributed by atoms with van der Waals surface area (Å²) in [5, 5.41) is 11.2. The molecule has 1 aliphatic carbocycles. The van der Waals surface area contributed by atoms with E-state index in [1.54, 1.807) is 52.4 Å². The van der Waals surface area contributed by atoms with E-state index in [0.29, 0.717) is 5.56 Å². The van der Waals surface area contributed by atoms with Gasteiger partial charge in [-0.2, -0.15) is 0 Å². The summed E-state index contributed by atoms with van der Waals surface area (Å²) in [6, 6.07) is 6.55. The summed E-state index contributed by atoms with van der Waals surface area (Å²) in [6.07, 6.45) is 7.08. The van der Waals surface area contributed by atoms with Crippen molar-refractivity contribution in [1.82, 2.24) is 9.47 Å². The number of hydrogen-bond acceptors (Lipinski definition) is 6. The molecule has 0 saturated carbocycles. The monoisotopic (exact) mass is 474 g/mol. The second-order valence-electron chi connectivity index (χ2n) is 8.78. The molecule has 0 spiro atoms. The molecule has 9 nitrogen and oxygen atoms in total. The summed E-state index contributed by atoms with van der Waals surface area (Å²) in [6.45, 7) is 5.46. The number of nitrogens with zero attached hydrogens (tertiary/aromatic N) is 3. The molecule has 0 saturated heterocycles. The van der Waals surface area contributed by atoms with Gasteiger partial charge in [-0.15, -0.1) is 0 Å². The van der Waals surface area contributed by atoms with Gasteiger partial charge in [0.05, 0.1) is 17.7 Å². The van der Waals surface area contributed by atoms with Crippen molar-refractivity contribution in [2.45, 2.75) is 49.1 Å². The molecular weight excluding hydrogens is 446 g/mol. The highest BCUT2D eigenvalue weighted by molar-refractivity contribution is 7.92. The van der Waals surface area contributed by atoms with Gasteiger partial charge in [-0.05, 0) is 44.5 Å². The lowest BCUT2D eigenvalue weighted by Crippen LogP contribution is -2.40. The molecule has 1 atom stereocenters. The Labute approximate surface area is 194 Å². The lowest BCUT2D eigenvalue weighted by atomic mass is 10.1. The van der Waals surface area contributed by atoms with Crippen molar-refractivity contribution in [3.63, 3.8) is 0 Å². The SMILES string of the molecule is [2H]C1=CC(n2ccc(CN(C)C(=O)OC(C)(C)C)c2)(S(=O)(=O)c2cccc([N+](=O)[O-])c2)CC=C1. The maximum Gasteiger partial charge on any atom is 0.410 e. The zero-order valence-corrected chi connectivity index (χ0v) is 19.7. The zero-order chi connectivity index (χ0) is 25.3. The molecule has 1 aliphatic rings. The van der Waals surface area contributed by atoms with Crippen molar-refractivity contribution in [2.75, 3.05) is 7.05 Å². The van der Waals surface area contributed by atoms with Crippen LogP contribution in [0.25, 0.3) is 0 Å². The van der Waals surface area contributed by atoms with E-state index in [1.165, 1.54) is 39.8 Å². The van der Waals surface area contributed by atoms with E-state index in [1.807, 2.05) is 0 Å². The van der Waals surface area contributed by atoms with Crippen LogP contribution in [0.2, 0.25) is 0 Å². The smallest absolute Gasteiger partial charge is 0.410 e. The van der Waals surface area contributed by atoms with E-state index in [2.05, 4.69) is 0 Å². The number of non-ortho nitro benzene ring substituents is 1. The second kappa shape index (κ2) is 8.86. The predicted octanol–water partition coefficient (Wildman–Crippen LogP) is 4.41. The zero-order valence-electron chi connectivity index (χ0n) is 19.9. The minimum absolute atomic E-state index is 0.00128. The van der Waals surface area contributed by atoms with Gasteiger partial charge >= 0.3 is 6.09 Å². The number of carbonyl (C=O) groups excluding carboxylic acids is 1. The quantitative estimate of drug-likeness (QED) is 0.453. The van der Waals surface area contributed by atoms with Crippen LogP contribution >= 0.6 is 0 Å². The summed E-state index contributed by atoms with van der Waals surface area (Å²) >= 11 is 0. The van der Waals surface area contributed by atoms with Gasteiger partial charge in [0.2, 0.25) is 9.84 Å². The van der Waals surface area contributed by atoms with E-state index >= 15 is 0 Å². The van der Waals surface area contributed by atoms with Crippen LogP contribution in [0.4, 0.5) is 10.5 Å². The Hall–Kier alpha value is -3.40. The van der Waals surface area contributed by atoms with Crippen molar-refractivity contribution < 1.29 is 24.2 Å². The number of allylic oxidation sites excluding steroid dienone is 3. The fourth-order valence-electron chi connectivity index (χ4n) is 3.46. The molecule has 1 aromatic heterocycles. The van der Waals surface area contributed by atoms with Gasteiger partial charge < -0.3 is 14.2 Å². The van der Waals surface area contributed by atoms with Crippen LogP contribution in [0.3, 0.4) is 0 Å². The van der Waals surface area contributed by atoms with Gasteiger partial charge in [-0.1, -0.05) is 24.3 Å². The van der Waals surface area contributed by atoms with Crippen molar-refractivity contribution in [2.24, 2.45) is 0 Å². The van der Waals surface area contributed by atoms with Gasteiger partial charge in [0.25, 0.3) is 5.69 Å². The van der Waals surface area contributed by atoms with E-state index < -0.39 is 31.3 Å². The lowest BCUT2D eigenvalue weighted by Gasteiger charge is -2.33. The largest absolute Gasteiger partial charge is 0.444 e. The molecule has 1 heterocycles. The standard InChI is InChI=1S/C23H27N3O6S/c1-22(2,3)32-21(27)24(4)16-18-11-14-25(17-18)23(12-6-5-7-13-23)33(30,31)20-10-8-9-19(15-20)26(28)29/h5-12,14-15,17H,13,16H2,1-4H3/i6D. The van der Waals surface area contributed by atoms with Crippen LogP contribution < -0.4 is 0 Å². The third kappa shape index (κ3) is 5.00. The van der Waals surface area contributed by atoms with Crippen LogP contribution in [0.5, 0.6) is 0 Å². The van der Waals surface area contributed by atoms with Crippen LogP contribution in [0.1, 0.15) is 34.1 Å². The molecule has 0 radical (unpaired) electrons. The Morgan fingerprint density at radius 2 is 2.09 bits per heavy atom. The first-order valence-electron chi connectivity index (χ1n) is 10.7. The van der Waals surface area contributed by atoms with Crippen molar-refractivity contribution in [1.29, 1.82) is 0 Å². The van der Waals surface area contributed by atoms with E-state index in [0.717, 1.165) is 6.07 Å². The van der Waals surface area contributed by atoms with Crippen molar-refractivity contribution in [3.8, 4) is 0 Å². The van der Waals surface area contributed by atoms with Crippen molar-refractivity contribution in [3.05, 3.63) is 82.7 Å².